The van der Waals surface area contributed by atoms with E-state index in [4.69, 9.17) is 9.26 Å². The molecule has 2 heterocycles. The third-order valence-electron chi connectivity index (χ3n) is 2.93. The number of nitrogens with zero attached hydrogens (tertiary/aromatic N) is 1. The smallest absolute Gasteiger partial charge is 0.360 e. The van der Waals surface area contributed by atoms with Gasteiger partial charge in [-0.15, -0.1) is 0 Å². The van der Waals surface area contributed by atoms with Gasteiger partial charge in [0.15, 0.2) is 0 Å². The molecule has 0 spiro atoms. The van der Waals surface area contributed by atoms with Gasteiger partial charge < -0.3 is 19.3 Å². The zero-order chi connectivity index (χ0) is 16.3. The quantitative estimate of drug-likeness (QED) is 0.346. The summed E-state index contributed by atoms with van der Waals surface area (Å²) in [6.45, 7) is -0.232. The number of aromatic nitrogens is 2. The zero-order valence-electron chi connectivity index (χ0n) is 11.3. The topological polar surface area (TPSA) is 132 Å². The molecule has 2 rings (SSSR count). The van der Waals surface area contributed by atoms with E-state index in [0.29, 0.717) is 6.20 Å². The second kappa shape index (κ2) is 7.38. The predicted octanol–water partition coefficient (Wildman–Crippen LogP) is -0.862. The molecule has 1 aliphatic rings. The van der Waals surface area contributed by atoms with E-state index in [0.717, 1.165) is 4.57 Å². The average Bonchev–Trinajstić information content (AvgIpc) is 2.82. The molecule has 0 radical (unpaired) electrons. The van der Waals surface area contributed by atoms with Crippen LogP contribution >= 0.6 is 8.60 Å². The van der Waals surface area contributed by atoms with Crippen LogP contribution in [-0.2, 0) is 18.8 Å². The van der Waals surface area contributed by atoms with Gasteiger partial charge >= 0.3 is 14.3 Å². The van der Waals surface area contributed by atoms with Crippen molar-refractivity contribution in [2.24, 2.45) is 0 Å². The van der Waals surface area contributed by atoms with Crippen molar-refractivity contribution in [2.45, 2.75) is 24.9 Å². The fourth-order valence-electron chi connectivity index (χ4n) is 1.93. The van der Waals surface area contributed by atoms with Crippen molar-refractivity contribution in [3.63, 3.8) is 0 Å². The highest BCUT2D eigenvalue weighted by Crippen LogP contribution is 2.35. The minimum absolute atomic E-state index is 0.0199. The summed E-state index contributed by atoms with van der Waals surface area (Å²) in [6.07, 6.45) is -2.18. The number of aromatic amines is 1. The number of aliphatic hydroxyl groups is 1. The van der Waals surface area contributed by atoms with Gasteiger partial charge in [0.25, 0.3) is 5.56 Å². The van der Waals surface area contributed by atoms with Gasteiger partial charge in [0.2, 0.25) is 5.82 Å². The number of aliphatic hydroxyl groups excluding tert-OH is 1. The second-order valence-electron chi connectivity index (χ2n) is 4.35. The molecule has 124 valence electrons. The van der Waals surface area contributed by atoms with Crippen LogP contribution in [0.1, 0.15) is 12.6 Å². The van der Waals surface area contributed by atoms with Crippen molar-refractivity contribution in [2.75, 3.05) is 13.7 Å². The molecule has 0 saturated carbocycles. The summed E-state index contributed by atoms with van der Waals surface area (Å²) in [6, 6.07) is 0. The Balaban J connectivity index is 2.03. The Morgan fingerprint density at radius 3 is 3.00 bits per heavy atom. The van der Waals surface area contributed by atoms with Crippen LogP contribution in [0.4, 0.5) is 4.39 Å². The molecule has 1 aromatic heterocycles. The Kier molecular flexibility index (Phi) is 5.75. The predicted molar refractivity (Wildman–Crippen MR) is 69.0 cm³/mol. The molecule has 0 aromatic carbocycles. The van der Waals surface area contributed by atoms with Crippen molar-refractivity contribution >= 4 is 8.60 Å². The van der Waals surface area contributed by atoms with Crippen LogP contribution in [0.5, 0.6) is 0 Å². The normalized spacial score (nSPS) is 26.3. The van der Waals surface area contributed by atoms with E-state index in [1.165, 1.54) is 7.11 Å². The van der Waals surface area contributed by atoms with E-state index in [2.05, 4.69) is 9.56 Å². The van der Waals surface area contributed by atoms with Gasteiger partial charge in [-0.05, 0) is 0 Å². The third kappa shape index (κ3) is 3.96. The maximum Gasteiger partial charge on any atom is 0.360 e. The highest BCUT2D eigenvalue weighted by molar-refractivity contribution is 7.40. The number of hydrogen-bond donors (Lipinski definition) is 3. The monoisotopic (exact) mass is 340 g/mol. The number of rotatable bonds is 6. The van der Waals surface area contributed by atoms with E-state index in [9.17, 15) is 24.0 Å². The van der Waals surface area contributed by atoms with Gasteiger partial charge in [0.1, 0.15) is 12.3 Å². The lowest BCUT2D eigenvalue weighted by atomic mass is 10.2. The molecule has 22 heavy (non-hydrogen) atoms. The number of H-pyrrole nitrogens is 1. The lowest BCUT2D eigenvalue weighted by Gasteiger charge is -2.16. The standard InChI is InChI=1S/C10H14FN2O8P/c1-18-21-22(17)19-4-7-6(14)2-8(20-7)13-3-5(11)9(15)12-10(13)16/h3,6-8,14,17H,2,4H2,1H3,(H,12,15,16). The maximum atomic E-state index is 13.2. The molecular formula is C10H14FN2O8P. The molecule has 1 fully saturated rings. The van der Waals surface area contributed by atoms with Gasteiger partial charge in [-0.1, -0.05) is 0 Å². The van der Waals surface area contributed by atoms with E-state index < -0.39 is 44.1 Å². The summed E-state index contributed by atoms with van der Waals surface area (Å²) in [7, 11) is -1.11. The second-order valence-corrected chi connectivity index (χ2v) is 5.23. The van der Waals surface area contributed by atoms with Crippen LogP contribution in [0.15, 0.2) is 15.8 Å². The summed E-state index contributed by atoms with van der Waals surface area (Å²) in [5.74, 6) is -1.15. The fraction of sp³-hybridized carbons (Fsp3) is 0.600. The number of ether oxygens (including phenoxy) is 1. The van der Waals surface area contributed by atoms with Crippen molar-refractivity contribution in [1.82, 2.24) is 9.55 Å². The summed E-state index contributed by atoms with van der Waals surface area (Å²) in [5, 5.41) is 9.85. The first-order valence-corrected chi connectivity index (χ1v) is 7.22. The van der Waals surface area contributed by atoms with Gasteiger partial charge in [0, 0.05) is 6.42 Å². The maximum absolute atomic E-state index is 13.2. The molecular weight excluding hydrogens is 326 g/mol. The van der Waals surface area contributed by atoms with Crippen LogP contribution in [0, 0.1) is 5.82 Å². The number of halogens is 1. The molecule has 10 nitrogen and oxygen atoms in total. The van der Waals surface area contributed by atoms with Crippen molar-refractivity contribution in [3.05, 3.63) is 32.9 Å². The SMILES string of the molecule is COOP(O)OCC1OC(n2cc(F)c(=O)[nH]c2=O)CC1O. The highest BCUT2D eigenvalue weighted by Gasteiger charge is 2.36. The van der Waals surface area contributed by atoms with Crippen molar-refractivity contribution in [3.8, 4) is 0 Å². The molecule has 1 saturated heterocycles. The molecule has 4 atom stereocenters. The average molecular weight is 340 g/mol. The van der Waals surface area contributed by atoms with E-state index in [1.807, 2.05) is 0 Å². The van der Waals surface area contributed by atoms with Gasteiger partial charge in [-0.2, -0.15) is 9.06 Å². The molecule has 0 amide bonds. The van der Waals surface area contributed by atoms with Crippen LogP contribution in [0.25, 0.3) is 0 Å². The fourth-order valence-corrected chi connectivity index (χ4v) is 2.38. The first-order valence-electron chi connectivity index (χ1n) is 6.09. The van der Waals surface area contributed by atoms with Crippen molar-refractivity contribution in [1.29, 1.82) is 0 Å². The van der Waals surface area contributed by atoms with Gasteiger partial charge in [-0.3, -0.25) is 14.3 Å². The Morgan fingerprint density at radius 1 is 1.59 bits per heavy atom. The minimum atomic E-state index is -2.29. The third-order valence-corrected chi connectivity index (χ3v) is 3.57. The Bertz CT molecular complexity index is 622. The van der Waals surface area contributed by atoms with Crippen LogP contribution in [0.3, 0.4) is 0 Å². The molecule has 3 N–H and O–H groups in total. The molecule has 0 bridgehead atoms. The van der Waals surface area contributed by atoms with Crippen LogP contribution in [-0.4, -0.2) is 45.5 Å². The molecule has 0 aliphatic carbocycles. The lowest BCUT2D eigenvalue weighted by molar-refractivity contribution is -0.189. The summed E-state index contributed by atoms with van der Waals surface area (Å²) < 4.78 is 28.6. The van der Waals surface area contributed by atoms with E-state index in [1.54, 1.807) is 4.98 Å². The Hall–Kier alpha value is -1.20. The Morgan fingerprint density at radius 2 is 2.32 bits per heavy atom. The van der Waals surface area contributed by atoms with Crippen molar-refractivity contribution < 1.29 is 33.2 Å². The zero-order valence-corrected chi connectivity index (χ0v) is 12.2. The van der Waals surface area contributed by atoms with Gasteiger partial charge in [0.05, 0.1) is 26.0 Å². The summed E-state index contributed by atoms with van der Waals surface area (Å²) in [5.41, 5.74) is -2.00. The van der Waals surface area contributed by atoms with E-state index >= 15 is 0 Å². The molecule has 1 aliphatic heterocycles. The first kappa shape index (κ1) is 17.2. The number of hydrogen-bond acceptors (Lipinski definition) is 8. The van der Waals surface area contributed by atoms with Gasteiger partial charge in [-0.25, -0.2) is 9.68 Å². The largest absolute Gasteiger partial charge is 0.390 e. The summed E-state index contributed by atoms with van der Waals surface area (Å²) in [4.78, 5) is 37.8. The summed E-state index contributed by atoms with van der Waals surface area (Å²) >= 11 is 0. The molecule has 4 unspecified atom stereocenters. The number of nitrogens with one attached hydrogen (secondary N) is 1. The minimum Gasteiger partial charge on any atom is -0.390 e. The molecule has 12 heteroatoms. The Labute approximate surface area is 123 Å². The molecule has 1 aromatic rings. The van der Waals surface area contributed by atoms with Crippen LogP contribution < -0.4 is 11.2 Å². The highest BCUT2D eigenvalue weighted by atomic mass is 31.2. The first-order chi connectivity index (χ1) is 10.4. The van der Waals surface area contributed by atoms with E-state index in [-0.39, 0.29) is 13.0 Å². The van der Waals surface area contributed by atoms with Crippen LogP contribution in [0.2, 0.25) is 0 Å². The lowest BCUT2D eigenvalue weighted by Crippen LogP contribution is -2.34.